The van der Waals surface area contributed by atoms with E-state index < -0.39 is 6.09 Å². The maximum absolute atomic E-state index is 12.3. The third-order valence-corrected chi connectivity index (χ3v) is 5.55. The van der Waals surface area contributed by atoms with Gasteiger partial charge < -0.3 is 20.2 Å². The first kappa shape index (κ1) is 21.4. The zero-order valence-electron chi connectivity index (χ0n) is 17.4. The Hall–Kier alpha value is -3.30. The summed E-state index contributed by atoms with van der Waals surface area (Å²) in [5, 5.41) is 5.57. The fourth-order valence-electron chi connectivity index (χ4n) is 2.90. The summed E-state index contributed by atoms with van der Waals surface area (Å²) in [7, 11) is 3.33. The highest BCUT2D eigenvalue weighted by molar-refractivity contribution is 7.19. The molecule has 1 heterocycles. The number of nitrogens with two attached hydrogens (primary N) is 2. The van der Waals surface area contributed by atoms with Gasteiger partial charge in [-0.2, -0.15) is 0 Å². The van der Waals surface area contributed by atoms with Gasteiger partial charge in [0, 0.05) is 7.05 Å². The van der Waals surface area contributed by atoms with Crippen LogP contribution < -0.4 is 26.6 Å². The zero-order chi connectivity index (χ0) is 21.8. The third kappa shape index (κ3) is 4.81. The minimum absolute atomic E-state index is 0.0844. The number of aromatic nitrogens is 1. The number of benzene rings is 2. The van der Waals surface area contributed by atoms with Crippen molar-refractivity contribution in [3.05, 3.63) is 53.2 Å². The van der Waals surface area contributed by atoms with E-state index in [1.54, 1.807) is 26.3 Å². The summed E-state index contributed by atoms with van der Waals surface area (Å²) < 4.78 is 10.8. The molecular weight excluding hydrogens is 402 g/mol. The van der Waals surface area contributed by atoms with Crippen LogP contribution in [0.15, 0.2) is 36.4 Å². The molecule has 0 spiro atoms. The quantitative estimate of drug-likeness (QED) is 0.308. The predicted octanol–water partition coefficient (Wildman–Crippen LogP) is 4.08. The first-order valence-corrected chi connectivity index (χ1v) is 10.0. The number of amides is 1. The minimum Gasteiger partial charge on any atom is -0.496 e. The van der Waals surface area contributed by atoms with Gasteiger partial charge in [-0.25, -0.2) is 15.6 Å². The molecule has 8 nitrogen and oxygen atoms in total. The van der Waals surface area contributed by atoms with Crippen LogP contribution in [0.3, 0.4) is 0 Å². The van der Waals surface area contributed by atoms with Gasteiger partial charge in [-0.05, 0) is 49.2 Å². The number of ether oxygens (including phenoxy) is 2. The van der Waals surface area contributed by atoms with Crippen molar-refractivity contribution < 1.29 is 14.3 Å². The number of thiazole rings is 1. The number of rotatable bonds is 6. The molecule has 0 radical (unpaired) electrons. The second kappa shape index (κ2) is 9.02. The lowest BCUT2D eigenvalue weighted by Crippen LogP contribution is -2.26. The number of hydrogen-bond acceptors (Lipinski definition) is 8. The summed E-state index contributed by atoms with van der Waals surface area (Å²) in [4.78, 5) is 16.8. The van der Waals surface area contributed by atoms with Gasteiger partial charge in [0.05, 0.1) is 29.7 Å². The Labute approximate surface area is 179 Å². The monoisotopic (exact) mass is 427 g/mol. The van der Waals surface area contributed by atoms with Crippen molar-refractivity contribution in [2.75, 3.05) is 30.2 Å². The fourth-order valence-corrected chi connectivity index (χ4v) is 3.88. The Morgan fingerprint density at radius 1 is 1.23 bits per heavy atom. The normalized spacial score (nSPS) is 10.6. The number of methoxy groups -OCH3 is 1. The van der Waals surface area contributed by atoms with E-state index in [2.05, 4.69) is 10.3 Å². The molecule has 0 atom stereocenters. The van der Waals surface area contributed by atoms with Crippen LogP contribution in [0, 0.1) is 13.8 Å². The zero-order valence-corrected chi connectivity index (χ0v) is 18.2. The summed E-state index contributed by atoms with van der Waals surface area (Å²) in [5.41, 5.74) is 10.6. The Balaban J connectivity index is 1.67. The van der Waals surface area contributed by atoms with Crippen LogP contribution in [0.25, 0.3) is 10.6 Å². The molecule has 0 aliphatic carbocycles. The number of hydrazine groups is 1. The summed E-state index contributed by atoms with van der Waals surface area (Å²) in [6.45, 7) is 3.91. The van der Waals surface area contributed by atoms with Gasteiger partial charge in [-0.1, -0.05) is 23.5 Å². The van der Waals surface area contributed by atoms with Crippen LogP contribution in [0.5, 0.6) is 5.75 Å². The van der Waals surface area contributed by atoms with Gasteiger partial charge in [-0.15, -0.1) is 0 Å². The molecule has 0 aliphatic rings. The number of nitrogen functional groups attached to an aromatic ring is 1. The molecule has 158 valence electrons. The lowest BCUT2D eigenvalue weighted by Gasteiger charge is -2.15. The average molecular weight is 428 g/mol. The van der Waals surface area contributed by atoms with Gasteiger partial charge >= 0.3 is 6.09 Å². The SMILES string of the molecule is COc1cc(C)ccc1-c1nc(C)c(NC(=O)OCc2ccc(N(C)N)c(N)c2)s1. The van der Waals surface area contributed by atoms with Crippen LogP contribution in [0.2, 0.25) is 0 Å². The highest BCUT2D eigenvalue weighted by Gasteiger charge is 2.16. The first-order chi connectivity index (χ1) is 14.3. The van der Waals surface area contributed by atoms with Crippen LogP contribution in [-0.2, 0) is 11.3 Å². The Morgan fingerprint density at radius 2 is 2.00 bits per heavy atom. The van der Waals surface area contributed by atoms with E-state index in [-0.39, 0.29) is 6.61 Å². The number of carbonyl (C=O) groups excluding carboxylic acids is 1. The molecule has 3 rings (SSSR count). The van der Waals surface area contributed by atoms with E-state index in [1.807, 2.05) is 38.1 Å². The van der Waals surface area contributed by atoms with E-state index in [0.29, 0.717) is 22.1 Å². The van der Waals surface area contributed by atoms with Gasteiger partial charge in [0.2, 0.25) is 0 Å². The van der Waals surface area contributed by atoms with E-state index in [0.717, 1.165) is 27.4 Å². The lowest BCUT2D eigenvalue weighted by molar-refractivity contribution is 0.155. The molecule has 0 fully saturated rings. The summed E-state index contributed by atoms with van der Waals surface area (Å²) in [6, 6.07) is 11.2. The molecule has 0 bridgehead atoms. The standard InChI is InChI=1S/C21H25N5O3S/c1-12-5-7-15(18(9-12)28-4)20-24-13(2)19(30-20)25-21(27)29-11-14-6-8-17(26(3)23)16(22)10-14/h5-10H,11,22-23H2,1-4H3,(H,25,27). The third-order valence-electron chi connectivity index (χ3n) is 4.44. The summed E-state index contributed by atoms with van der Waals surface area (Å²) in [5.74, 6) is 6.44. The highest BCUT2D eigenvalue weighted by Crippen LogP contribution is 2.37. The smallest absolute Gasteiger partial charge is 0.412 e. The van der Waals surface area contributed by atoms with E-state index in [1.165, 1.54) is 16.3 Å². The molecule has 2 aromatic carbocycles. The Bertz CT molecular complexity index is 1060. The Kier molecular flexibility index (Phi) is 6.43. The average Bonchev–Trinajstić information content (AvgIpc) is 3.06. The predicted molar refractivity (Wildman–Crippen MR) is 121 cm³/mol. The molecule has 1 aromatic heterocycles. The Morgan fingerprint density at radius 3 is 2.67 bits per heavy atom. The van der Waals surface area contributed by atoms with Gasteiger partial charge in [0.15, 0.2) is 0 Å². The molecule has 3 aromatic rings. The number of aryl methyl sites for hydroxylation is 2. The van der Waals surface area contributed by atoms with Gasteiger partial charge in [-0.3, -0.25) is 5.32 Å². The number of anilines is 3. The second-order valence-corrected chi connectivity index (χ2v) is 7.84. The molecule has 30 heavy (non-hydrogen) atoms. The molecular formula is C21H25N5O3S. The van der Waals surface area contributed by atoms with Crippen molar-refractivity contribution in [2.45, 2.75) is 20.5 Å². The van der Waals surface area contributed by atoms with Gasteiger partial charge in [0.1, 0.15) is 22.4 Å². The van der Waals surface area contributed by atoms with Crippen LogP contribution in [0.1, 0.15) is 16.8 Å². The van der Waals surface area contributed by atoms with Crippen LogP contribution in [-0.4, -0.2) is 25.2 Å². The first-order valence-electron chi connectivity index (χ1n) is 9.21. The molecule has 9 heteroatoms. The van der Waals surface area contributed by atoms with E-state index in [9.17, 15) is 4.79 Å². The minimum atomic E-state index is -0.567. The molecule has 5 N–H and O–H groups in total. The van der Waals surface area contributed by atoms with Crippen LogP contribution in [0.4, 0.5) is 21.2 Å². The van der Waals surface area contributed by atoms with Gasteiger partial charge in [0.25, 0.3) is 0 Å². The van der Waals surface area contributed by atoms with E-state index >= 15 is 0 Å². The van der Waals surface area contributed by atoms with E-state index in [4.69, 9.17) is 21.1 Å². The van der Waals surface area contributed by atoms with Crippen molar-refractivity contribution in [3.63, 3.8) is 0 Å². The number of nitrogens with zero attached hydrogens (tertiary/aromatic N) is 2. The second-order valence-electron chi connectivity index (χ2n) is 6.84. The highest BCUT2D eigenvalue weighted by atomic mass is 32.1. The molecule has 0 unspecified atom stereocenters. The molecule has 0 saturated heterocycles. The van der Waals surface area contributed by atoms with Crippen molar-refractivity contribution in [3.8, 4) is 16.3 Å². The van der Waals surface area contributed by atoms with Crippen LogP contribution >= 0.6 is 11.3 Å². The maximum Gasteiger partial charge on any atom is 0.412 e. The van der Waals surface area contributed by atoms with Crippen molar-refractivity contribution in [1.82, 2.24) is 4.98 Å². The molecule has 0 saturated carbocycles. The fraction of sp³-hybridized carbons (Fsp3) is 0.238. The number of nitrogens with one attached hydrogen (secondary N) is 1. The number of hydrogen-bond donors (Lipinski definition) is 3. The summed E-state index contributed by atoms with van der Waals surface area (Å²) in [6.07, 6.45) is -0.567. The topological polar surface area (TPSA) is 116 Å². The molecule has 0 aliphatic heterocycles. The maximum atomic E-state index is 12.3. The molecule has 1 amide bonds. The van der Waals surface area contributed by atoms with Crippen molar-refractivity contribution >= 4 is 33.8 Å². The van der Waals surface area contributed by atoms with Crippen molar-refractivity contribution in [2.24, 2.45) is 5.84 Å². The summed E-state index contributed by atoms with van der Waals surface area (Å²) >= 11 is 1.36. The van der Waals surface area contributed by atoms with Crippen molar-refractivity contribution in [1.29, 1.82) is 0 Å². The lowest BCUT2D eigenvalue weighted by atomic mass is 10.1. The largest absolute Gasteiger partial charge is 0.496 e. The number of carbonyl (C=O) groups is 1.